The zero-order chi connectivity index (χ0) is 12.8. The molecule has 0 aliphatic carbocycles. The zero-order valence-corrected chi connectivity index (χ0v) is 10.4. The number of carbonyl (C=O) groups excluding carboxylic acids is 1. The molecule has 2 N–H and O–H groups in total. The highest BCUT2D eigenvalue weighted by Crippen LogP contribution is 2.18. The monoisotopic (exact) mass is 237 g/mol. The van der Waals surface area contributed by atoms with Crippen LogP contribution in [0.15, 0.2) is 24.3 Å². The molecule has 1 aromatic carbocycles. The molecule has 0 spiro atoms. The molecule has 1 amide bonds. The highest BCUT2D eigenvalue weighted by Gasteiger charge is 2.06. The molecule has 1 rings (SSSR count). The second-order valence-electron chi connectivity index (χ2n) is 4.26. The first kappa shape index (κ1) is 13.5. The number of benzene rings is 1. The molecule has 0 aromatic heterocycles. The number of hydrogen-bond donors (Lipinski definition) is 2. The average molecular weight is 237 g/mol. The van der Waals surface area contributed by atoms with Gasteiger partial charge >= 0.3 is 0 Å². The average Bonchev–Trinajstić information content (AvgIpc) is 2.26. The lowest BCUT2D eigenvalue weighted by Crippen LogP contribution is -2.34. The Hall–Kier alpha value is -1.55. The first-order valence-corrected chi connectivity index (χ1v) is 5.69. The summed E-state index contributed by atoms with van der Waals surface area (Å²) in [6.07, 6.45) is -0.539. The van der Waals surface area contributed by atoms with Gasteiger partial charge in [0.15, 0.2) is 6.61 Å². The van der Waals surface area contributed by atoms with E-state index in [-0.39, 0.29) is 18.6 Å². The highest BCUT2D eigenvalue weighted by molar-refractivity contribution is 5.77. The Morgan fingerprint density at radius 1 is 1.41 bits per heavy atom. The topological polar surface area (TPSA) is 58.6 Å². The number of rotatable bonds is 5. The molecule has 4 nitrogen and oxygen atoms in total. The van der Waals surface area contributed by atoms with Gasteiger partial charge in [-0.15, -0.1) is 0 Å². The smallest absolute Gasteiger partial charge is 0.258 e. The Morgan fingerprint density at radius 3 is 2.71 bits per heavy atom. The Balaban J connectivity index is 2.52. The number of aliphatic hydroxyl groups excluding tert-OH is 1. The van der Waals surface area contributed by atoms with E-state index in [2.05, 4.69) is 5.32 Å². The molecular formula is C13H19NO3. The third-order valence-corrected chi connectivity index (χ3v) is 2.16. The van der Waals surface area contributed by atoms with Gasteiger partial charge in [-0.2, -0.15) is 0 Å². The minimum absolute atomic E-state index is 0.0125. The molecule has 0 aliphatic heterocycles. The van der Waals surface area contributed by atoms with E-state index in [0.717, 1.165) is 5.56 Å². The van der Waals surface area contributed by atoms with Crippen molar-refractivity contribution in [3.8, 4) is 5.75 Å². The number of hydrogen-bond acceptors (Lipinski definition) is 3. The summed E-state index contributed by atoms with van der Waals surface area (Å²) >= 11 is 0. The molecule has 0 heterocycles. The molecule has 0 unspecified atom stereocenters. The van der Waals surface area contributed by atoms with E-state index in [4.69, 9.17) is 4.74 Å². The largest absolute Gasteiger partial charge is 0.484 e. The second kappa shape index (κ2) is 6.25. The Labute approximate surface area is 102 Å². The van der Waals surface area contributed by atoms with Crippen LogP contribution in [0.25, 0.3) is 0 Å². The van der Waals surface area contributed by atoms with Gasteiger partial charge in [0.25, 0.3) is 5.91 Å². The van der Waals surface area contributed by atoms with Crippen LogP contribution >= 0.6 is 0 Å². The van der Waals surface area contributed by atoms with Crippen LogP contribution in [0.5, 0.6) is 5.75 Å². The lowest BCUT2D eigenvalue weighted by Gasteiger charge is -2.11. The first-order valence-electron chi connectivity index (χ1n) is 5.69. The molecule has 0 bridgehead atoms. The number of ether oxygens (including phenoxy) is 1. The van der Waals surface area contributed by atoms with Crippen molar-refractivity contribution >= 4 is 5.91 Å². The number of aliphatic hydroxyl groups is 1. The van der Waals surface area contributed by atoms with Crippen LogP contribution in [0.2, 0.25) is 0 Å². The molecule has 94 valence electrons. The molecule has 4 heteroatoms. The SMILES string of the molecule is CC(C)NC(=O)COc1cccc([C@H](C)O)c1. The van der Waals surface area contributed by atoms with Gasteiger partial charge in [0.05, 0.1) is 6.10 Å². The molecule has 0 saturated carbocycles. The minimum Gasteiger partial charge on any atom is -0.484 e. The third-order valence-electron chi connectivity index (χ3n) is 2.16. The van der Waals surface area contributed by atoms with Crippen molar-refractivity contribution < 1.29 is 14.6 Å². The normalized spacial score (nSPS) is 12.3. The summed E-state index contributed by atoms with van der Waals surface area (Å²) in [5.41, 5.74) is 0.770. The Bertz CT molecular complexity index is 375. The molecule has 1 aromatic rings. The molecule has 0 radical (unpaired) electrons. The summed E-state index contributed by atoms with van der Waals surface area (Å²) in [6, 6.07) is 7.19. The van der Waals surface area contributed by atoms with E-state index in [1.807, 2.05) is 19.9 Å². The molecule has 0 aliphatic rings. The van der Waals surface area contributed by atoms with Gasteiger partial charge < -0.3 is 15.2 Å². The van der Waals surface area contributed by atoms with E-state index >= 15 is 0 Å². The van der Waals surface area contributed by atoms with E-state index in [1.54, 1.807) is 25.1 Å². The summed E-state index contributed by atoms with van der Waals surface area (Å²) in [6.45, 7) is 5.46. The van der Waals surface area contributed by atoms with Gasteiger partial charge in [-0.05, 0) is 38.5 Å². The molecule has 17 heavy (non-hydrogen) atoms. The van der Waals surface area contributed by atoms with Gasteiger partial charge in [-0.25, -0.2) is 0 Å². The van der Waals surface area contributed by atoms with E-state index in [1.165, 1.54) is 0 Å². The summed E-state index contributed by atoms with van der Waals surface area (Å²) < 4.78 is 5.34. The van der Waals surface area contributed by atoms with Crippen LogP contribution in [0.1, 0.15) is 32.4 Å². The van der Waals surface area contributed by atoms with Crippen LogP contribution < -0.4 is 10.1 Å². The van der Waals surface area contributed by atoms with Crippen molar-refractivity contribution in [3.63, 3.8) is 0 Å². The summed E-state index contributed by atoms with van der Waals surface area (Å²) in [5, 5.41) is 12.1. The predicted octanol–water partition coefficient (Wildman–Crippen LogP) is 1.64. The van der Waals surface area contributed by atoms with Crippen LogP contribution in [0.4, 0.5) is 0 Å². The van der Waals surface area contributed by atoms with Crippen LogP contribution in [0, 0.1) is 0 Å². The molecule has 1 atom stereocenters. The summed E-state index contributed by atoms with van der Waals surface area (Å²) in [7, 11) is 0. The van der Waals surface area contributed by atoms with Crippen molar-refractivity contribution in [1.29, 1.82) is 0 Å². The predicted molar refractivity (Wildman–Crippen MR) is 65.8 cm³/mol. The Kier molecular flexibility index (Phi) is 4.97. The summed E-state index contributed by atoms with van der Waals surface area (Å²) in [4.78, 5) is 11.4. The third kappa shape index (κ3) is 4.87. The minimum atomic E-state index is -0.539. The van der Waals surface area contributed by atoms with Crippen molar-refractivity contribution in [2.24, 2.45) is 0 Å². The van der Waals surface area contributed by atoms with Crippen molar-refractivity contribution in [1.82, 2.24) is 5.32 Å². The van der Waals surface area contributed by atoms with Crippen molar-refractivity contribution in [2.45, 2.75) is 32.9 Å². The number of carbonyl (C=O) groups is 1. The van der Waals surface area contributed by atoms with E-state index in [9.17, 15) is 9.90 Å². The van der Waals surface area contributed by atoms with Gasteiger partial charge in [0.1, 0.15) is 5.75 Å². The second-order valence-corrected chi connectivity index (χ2v) is 4.26. The lowest BCUT2D eigenvalue weighted by atomic mass is 10.1. The van der Waals surface area contributed by atoms with Gasteiger partial charge in [0.2, 0.25) is 0 Å². The van der Waals surface area contributed by atoms with Gasteiger partial charge in [0, 0.05) is 6.04 Å². The zero-order valence-electron chi connectivity index (χ0n) is 10.4. The van der Waals surface area contributed by atoms with Crippen LogP contribution in [-0.4, -0.2) is 23.7 Å². The maximum atomic E-state index is 11.4. The number of nitrogens with one attached hydrogen (secondary N) is 1. The molecule has 0 fully saturated rings. The fourth-order valence-corrected chi connectivity index (χ4v) is 1.38. The quantitative estimate of drug-likeness (QED) is 0.818. The van der Waals surface area contributed by atoms with Crippen molar-refractivity contribution in [3.05, 3.63) is 29.8 Å². The maximum absolute atomic E-state index is 11.4. The number of amides is 1. The van der Waals surface area contributed by atoms with Crippen molar-refractivity contribution in [2.75, 3.05) is 6.61 Å². The maximum Gasteiger partial charge on any atom is 0.258 e. The van der Waals surface area contributed by atoms with E-state index in [0.29, 0.717) is 5.75 Å². The van der Waals surface area contributed by atoms with Gasteiger partial charge in [-0.1, -0.05) is 12.1 Å². The summed E-state index contributed by atoms with van der Waals surface area (Å²) in [5.74, 6) is 0.435. The molecular weight excluding hydrogens is 218 g/mol. The highest BCUT2D eigenvalue weighted by atomic mass is 16.5. The fourth-order valence-electron chi connectivity index (χ4n) is 1.38. The van der Waals surface area contributed by atoms with Gasteiger partial charge in [-0.3, -0.25) is 4.79 Å². The fraction of sp³-hybridized carbons (Fsp3) is 0.462. The van der Waals surface area contributed by atoms with Crippen LogP contribution in [0.3, 0.4) is 0 Å². The first-order chi connectivity index (χ1) is 7.99. The standard InChI is InChI=1S/C13H19NO3/c1-9(2)14-13(16)8-17-12-6-4-5-11(7-12)10(3)15/h4-7,9-10,15H,8H2,1-3H3,(H,14,16)/t10-/m0/s1. The molecule has 0 saturated heterocycles. The van der Waals surface area contributed by atoms with E-state index < -0.39 is 6.10 Å². The lowest BCUT2D eigenvalue weighted by molar-refractivity contribution is -0.123. The van der Waals surface area contributed by atoms with Crippen LogP contribution in [-0.2, 0) is 4.79 Å². The Morgan fingerprint density at radius 2 is 2.12 bits per heavy atom.